The fourth-order valence-electron chi connectivity index (χ4n) is 1.47. The molecule has 0 aliphatic carbocycles. The predicted octanol–water partition coefficient (Wildman–Crippen LogP) is 1.63. The van der Waals surface area contributed by atoms with Gasteiger partial charge in [-0.05, 0) is 24.3 Å². The fourth-order valence-corrected chi connectivity index (χ4v) is 1.74. The Labute approximate surface area is 124 Å². The van der Waals surface area contributed by atoms with Crippen LogP contribution >= 0.6 is 15.9 Å². The monoisotopic (exact) mass is 336 g/mol. The molecule has 2 aromatic rings. The van der Waals surface area contributed by atoms with Crippen LogP contribution in [0.5, 0.6) is 5.75 Å². The molecule has 104 valence electrons. The minimum Gasteiger partial charge on any atom is -0.492 e. The van der Waals surface area contributed by atoms with Crippen LogP contribution in [0.2, 0.25) is 0 Å². The first-order chi connectivity index (χ1) is 9.66. The molecule has 0 saturated carbocycles. The van der Waals surface area contributed by atoms with E-state index in [0.29, 0.717) is 13.2 Å². The SMILES string of the molecule is Nc1nccnc1C(=O)NCCOc1ccc(Br)cc1. The number of benzene rings is 1. The summed E-state index contributed by atoms with van der Waals surface area (Å²) in [7, 11) is 0. The topological polar surface area (TPSA) is 90.1 Å². The molecule has 0 radical (unpaired) electrons. The number of hydrogen-bond acceptors (Lipinski definition) is 5. The van der Waals surface area contributed by atoms with Crippen molar-refractivity contribution in [2.45, 2.75) is 0 Å². The van der Waals surface area contributed by atoms with Gasteiger partial charge in [-0.2, -0.15) is 0 Å². The first-order valence-corrected chi connectivity index (χ1v) is 6.69. The maximum Gasteiger partial charge on any atom is 0.273 e. The van der Waals surface area contributed by atoms with E-state index in [9.17, 15) is 4.79 Å². The average molecular weight is 337 g/mol. The van der Waals surface area contributed by atoms with Gasteiger partial charge in [0.05, 0.1) is 6.54 Å². The Balaban J connectivity index is 1.77. The maximum absolute atomic E-state index is 11.8. The molecule has 3 N–H and O–H groups in total. The average Bonchev–Trinajstić information content (AvgIpc) is 2.46. The van der Waals surface area contributed by atoms with Crippen molar-refractivity contribution in [1.82, 2.24) is 15.3 Å². The van der Waals surface area contributed by atoms with Gasteiger partial charge in [0.15, 0.2) is 11.5 Å². The van der Waals surface area contributed by atoms with E-state index < -0.39 is 0 Å². The van der Waals surface area contributed by atoms with E-state index in [0.717, 1.165) is 10.2 Å². The van der Waals surface area contributed by atoms with Crippen molar-refractivity contribution >= 4 is 27.7 Å². The van der Waals surface area contributed by atoms with Crippen LogP contribution in [0.4, 0.5) is 5.82 Å². The highest BCUT2D eigenvalue weighted by Crippen LogP contribution is 2.15. The number of hydrogen-bond donors (Lipinski definition) is 2. The Hall–Kier alpha value is -2.15. The standard InChI is InChI=1S/C13H13BrN4O2/c14-9-1-3-10(4-2-9)20-8-7-18-13(19)11-12(15)17-6-5-16-11/h1-6H,7-8H2,(H2,15,17)(H,18,19). The molecule has 0 aliphatic rings. The number of anilines is 1. The number of aromatic nitrogens is 2. The van der Waals surface area contributed by atoms with Gasteiger partial charge in [0.1, 0.15) is 12.4 Å². The minimum atomic E-state index is -0.366. The van der Waals surface area contributed by atoms with Gasteiger partial charge in [-0.15, -0.1) is 0 Å². The third-order valence-corrected chi connectivity index (χ3v) is 2.94. The lowest BCUT2D eigenvalue weighted by atomic mass is 10.3. The molecule has 1 aromatic carbocycles. The van der Waals surface area contributed by atoms with Crippen LogP contribution < -0.4 is 15.8 Å². The van der Waals surface area contributed by atoms with E-state index in [1.807, 2.05) is 24.3 Å². The Kier molecular flexibility index (Phi) is 4.89. The third-order valence-electron chi connectivity index (χ3n) is 2.41. The number of nitrogens with two attached hydrogens (primary N) is 1. The van der Waals surface area contributed by atoms with Gasteiger partial charge >= 0.3 is 0 Å². The number of rotatable bonds is 5. The van der Waals surface area contributed by atoms with E-state index in [-0.39, 0.29) is 17.4 Å². The minimum absolute atomic E-state index is 0.110. The van der Waals surface area contributed by atoms with Crippen LogP contribution in [-0.4, -0.2) is 29.0 Å². The van der Waals surface area contributed by atoms with E-state index in [2.05, 4.69) is 31.2 Å². The van der Waals surface area contributed by atoms with E-state index in [1.54, 1.807) is 0 Å². The molecule has 7 heteroatoms. The molecule has 0 spiro atoms. The molecule has 0 unspecified atom stereocenters. The summed E-state index contributed by atoms with van der Waals surface area (Å²) >= 11 is 3.34. The van der Waals surface area contributed by atoms with Gasteiger partial charge in [0.25, 0.3) is 5.91 Å². The molecule has 1 heterocycles. The summed E-state index contributed by atoms with van der Waals surface area (Å²) in [5.41, 5.74) is 5.68. The lowest BCUT2D eigenvalue weighted by molar-refractivity contribution is 0.0942. The van der Waals surface area contributed by atoms with Crippen LogP contribution in [0.25, 0.3) is 0 Å². The quantitative estimate of drug-likeness (QED) is 0.810. The lowest BCUT2D eigenvalue weighted by Crippen LogP contribution is -2.29. The summed E-state index contributed by atoms with van der Waals surface area (Å²) in [5, 5.41) is 2.67. The summed E-state index contributed by atoms with van der Waals surface area (Å²) < 4.78 is 6.46. The van der Waals surface area contributed by atoms with Gasteiger partial charge in [-0.25, -0.2) is 9.97 Å². The molecule has 1 amide bonds. The molecular weight excluding hydrogens is 324 g/mol. The molecule has 20 heavy (non-hydrogen) atoms. The number of amides is 1. The van der Waals surface area contributed by atoms with Crippen LogP contribution in [0, 0.1) is 0 Å². The largest absolute Gasteiger partial charge is 0.492 e. The normalized spacial score (nSPS) is 10.1. The zero-order chi connectivity index (χ0) is 14.4. The summed E-state index contributed by atoms with van der Waals surface area (Å²) in [4.78, 5) is 19.4. The van der Waals surface area contributed by atoms with Crippen LogP contribution in [0.15, 0.2) is 41.1 Å². The highest BCUT2D eigenvalue weighted by Gasteiger charge is 2.10. The van der Waals surface area contributed by atoms with Gasteiger partial charge < -0.3 is 15.8 Å². The molecule has 2 rings (SSSR count). The summed E-state index contributed by atoms with van der Waals surface area (Å²) in [6, 6.07) is 7.45. The summed E-state index contributed by atoms with van der Waals surface area (Å²) in [6.07, 6.45) is 2.85. The van der Waals surface area contributed by atoms with E-state index >= 15 is 0 Å². The molecule has 6 nitrogen and oxygen atoms in total. The van der Waals surface area contributed by atoms with Gasteiger partial charge in [0, 0.05) is 16.9 Å². The second-order valence-electron chi connectivity index (χ2n) is 3.85. The van der Waals surface area contributed by atoms with Crippen LogP contribution in [0.3, 0.4) is 0 Å². The Morgan fingerprint density at radius 1 is 1.25 bits per heavy atom. The number of nitrogens with one attached hydrogen (secondary N) is 1. The molecule has 0 atom stereocenters. The molecule has 0 saturated heterocycles. The molecule has 1 aromatic heterocycles. The molecular formula is C13H13BrN4O2. The van der Waals surface area contributed by atoms with E-state index in [1.165, 1.54) is 12.4 Å². The molecule has 0 aliphatic heterocycles. The van der Waals surface area contributed by atoms with Gasteiger partial charge in [-0.3, -0.25) is 4.79 Å². The number of nitrogens with zero attached hydrogens (tertiary/aromatic N) is 2. The molecule has 0 bridgehead atoms. The Morgan fingerprint density at radius 3 is 2.65 bits per heavy atom. The first kappa shape index (κ1) is 14.3. The smallest absolute Gasteiger partial charge is 0.273 e. The highest BCUT2D eigenvalue weighted by molar-refractivity contribution is 9.10. The maximum atomic E-state index is 11.8. The Bertz CT molecular complexity index is 589. The number of ether oxygens (including phenoxy) is 1. The summed E-state index contributed by atoms with van der Waals surface area (Å²) in [6.45, 7) is 0.707. The van der Waals surface area contributed by atoms with Crippen LogP contribution in [0.1, 0.15) is 10.5 Å². The second kappa shape index (κ2) is 6.85. The fraction of sp³-hybridized carbons (Fsp3) is 0.154. The van der Waals surface area contributed by atoms with Crippen LogP contribution in [-0.2, 0) is 0 Å². The van der Waals surface area contributed by atoms with Crippen molar-refractivity contribution in [3.63, 3.8) is 0 Å². The van der Waals surface area contributed by atoms with Crippen molar-refractivity contribution in [3.8, 4) is 5.75 Å². The number of carbonyl (C=O) groups is 1. The highest BCUT2D eigenvalue weighted by atomic mass is 79.9. The van der Waals surface area contributed by atoms with E-state index in [4.69, 9.17) is 10.5 Å². The van der Waals surface area contributed by atoms with Crippen molar-refractivity contribution in [2.24, 2.45) is 0 Å². The first-order valence-electron chi connectivity index (χ1n) is 5.90. The zero-order valence-electron chi connectivity index (χ0n) is 10.5. The van der Waals surface area contributed by atoms with Crippen molar-refractivity contribution in [3.05, 3.63) is 46.8 Å². The predicted molar refractivity (Wildman–Crippen MR) is 78.4 cm³/mol. The van der Waals surface area contributed by atoms with Gasteiger partial charge in [0.2, 0.25) is 0 Å². The number of nitrogen functional groups attached to an aromatic ring is 1. The second-order valence-corrected chi connectivity index (χ2v) is 4.76. The zero-order valence-corrected chi connectivity index (χ0v) is 12.1. The van der Waals surface area contributed by atoms with Crippen molar-refractivity contribution in [2.75, 3.05) is 18.9 Å². The number of carbonyl (C=O) groups excluding carboxylic acids is 1. The third kappa shape index (κ3) is 3.92. The Morgan fingerprint density at radius 2 is 1.95 bits per heavy atom. The van der Waals surface area contributed by atoms with Gasteiger partial charge in [-0.1, -0.05) is 15.9 Å². The number of halogens is 1. The lowest BCUT2D eigenvalue weighted by Gasteiger charge is -2.08. The molecule has 0 fully saturated rings. The van der Waals surface area contributed by atoms with Crippen molar-refractivity contribution in [1.29, 1.82) is 0 Å². The summed E-state index contributed by atoms with van der Waals surface area (Å²) in [5.74, 6) is 0.482. The van der Waals surface area contributed by atoms with Crippen molar-refractivity contribution < 1.29 is 9.53 Å².